The molecule has 0 N–H and O–H groups in total. The van der Waals surface area contributed by atoms with Gasteiger partial charge in [-0.15, -0.1) is 0 Å². The molecule has 1 nitrogen and oxygen atoms in total. The Bertz CT molecular complexity index is 343. The van der Waals surface area contributed by atoms with Gasteiger partial charge in [-0.3, -0.25) is 4.98 Å². The SMILES string of the molecule is [2H]C([2H])([2H])[Si](C)(c1ccccn1)C([2H])([2H])[2H]. The number of hydrogen-bond acceptors (Lipinski definition) is 1. The van der Waals surface area contributed by atoms with Crippen LogP contribution in [0.3, 0.4) is 0 Å². The maximum absolute atomic E-state index is 7.47. The molecule has 0 aliphatic carbocycles. The van der Waals surface area contributed by atoms with Crippen molar-refractivity contribution in [1.82, 2.24) is 4.98 Å². The molecule has 0 fully saturated rings. The topological polar surface area (TPSA) is 12.9 Å². The van der Waals surface area contributed by atoms with Crippen LogP contribution >= 0.6 is 0 Å². The zero-order valence-electron chi connectivity index (χ0n) is 11.8. The van der Waals surface area contributed by atoms with Gasteiger partial charge in [0.2, 0.25) is 0 Å². The molecule has 1 aromatic rings. The molecular formula is C8H13NSi. The van der Waals surface area contributed by atoms with Crippen LogP contribution in [-0.2, 0) is 0 Å². The minimum atomic E-state index is -3.64. The van der Waals surface area contributed by atoms with Crippen molar-refractivity contribution in [3.8, 4) is 0 Å². The fourth-order valence-corrected chi connectivity index (χ4v) is 1.42. The third-order valence-electron chi connectivity index (χ3n) is 1.18. The Balaban J connectivity index is 3.39. The van der Waals surface area contributed by atoms with Gasteiger partial charge < -0.3 is 0 Å². The molecule has 0 aromatic carbocycles. The predicted molar refractivity (Wildman–Crippen MR) is 47.2 cm³/mol. The number of pyridine rings is 1. The molecule has 0 atom stereocenters. The van der Waals surface area contributed by atoms with Gasteiger partial charge in [-0.1, -0.05) is 25.6 Å². The maximum atomic E-state index is 7.47. The average molecular weight is 157 g/mol. The van der Waals surface area contributed by atoms with Crippen molar-refractivity contribution >= 4 is 13.4 Å². The quantitative estimate of drug-likeness (QED) is 0.565. The molecular weight excluding hydrogens is 138 g/mol. The first-order chi connectivity index (χ1) is 7.11. The molecule has 54 valence electrons. The minimum absolute atomic E-state index is 0.204. The molecule has 0 radical (unpaired) electrons. The van der Waals surface area contributed by atoms with E-state index < -0.39 is 21.0 Å². The van der Waals surface area contributed by atoms with Crippen LogP contribution in [0.25, 0.3) is 0 Å². The summed E-state index contributed by atoms with van der Waals surface area (Å²) in [5.74, 6) is 0. The Morgan fingerprint density at radius 3 is 2.80 bits per heavy atom. The standard InChI is InChI=1S/C8H13NSi/c1-10(2,3)8-6-4-5-7-9-8/h4-7H,1-3H3/i1D3,2D3. The molecule has 1 heterocycles. The highest BCUT2D eigenvalue weighted by Crippen LogP contribution is 1.97. The molecule has 0 saturated heterocycles. The molecule has 0 unspecified atom stereocenters. The zero-order valence-corrected chi connectivity index (χ0v) is 6.76. The van der Waals surface area contributed by atoms with E-state index in [1.165, 1.54) is 18.8 Å². The molecule has 0 amide bonds. The van der Waals surface area contributed by atoms with Crippen LogP contribution in [0, 0.1) is 0 Å². The fourth-order valence-electron chi connectivity index (χ4n) is 0.659. The van der Waals surface area contributed by atoms with Crippen molar-refractivity contribution in [2.75, 3.05) is 0 Å². The van der Waals surface area contributed by atoms with Gasteiger partial charge in [-0.25, -0.2) is 0 Å². The van der Waals surface area contributed by atoms with Crippen molar-refractivity contribution in [3.05, 3.63) is 24.4 Å². The Hall–Kier alpha value is -0.633. The van der Waals surface area contributed by atoms with Crippen LogP contribution in [-0.4, -0.2) is 13.1 Å². The van der Waals surface area contributed by atoms with E-state index in [9.17, 15) is 0 Å². The summed E-state index contributed by atoms with van der Waals surface area (Å²) in [6.07, 6.45) is 1.43. The van der Waals surface area contributed by atoms with Gasteiger partial charge in [0, 0.05) is 19.7 Å². The van der Waals surface area contributed by atoms with Crippen LogP contribution in [0.2, 0.25) is 19.5 Å². The fraction of sp³-hybridized carbons (Fsp3) is 0.375. The third kappa shape index (κ3) is 1.67. The lowest BCUT2D eigenvalue weighted by Crippen LogP contribution is -2.39. The summed E-state index contributed by atoms with van der Waals surface area (Å²) < 4.78 is 44.8. The smallest absolute Gasteiger partial charge is 0.101 e. The van der Waals surface area contributed by atoms with E-state index in [0.717, 1.165) is 0 Å². The highest BCUT2D eigenvalue weighted by molar-refractivity contribution is 6.88. The molecule has 0 aliphatic heterocycles. The second kappa shape index (κ2) is 2.54. The summed E-state index contributed by atoms with van der Waals surface area (Å²) in [6, 6.07) is 4.74. The monoisotopic (exact) mass is 157 g/mol. The highest BCUT2D eigenvalue weighted by Gasteiger charge is 2.16. The van der Waals surface area contributed by atoms with Gasteiger partial charge in [0.05, 0.1) is 0 Å². The Morgan fingerprint density at radius 1 is 1.50 bits per heavy atom. The summed E-state index contributed by atoms with van der Waals surface area (Å²) in [7, 11) is -3.64. The number of nitrogens with zero attached hydrogens (tertiary/aromatic N) is 1. The molecule has 0 spiro atoms. The molecule has 0 aliphatic rings. The van der Waals surface area contributed by atoms with E-state index in [0.29, 0.717) is 0 Å². The number of hydrogen-bond donors (Lipinski definition) is 0. The van der Waals surface area contributed by atoms with Gasteiger partial charge >= 0.3 is 0 Å². The first-order valence-corrected chi connectivity index (χ1v) is 5.52. The van der Waals surface area contributed by atoms with E-state index in [-0.39, 0.29) is 5.32 Å². The largest absolute Gasteiger partial charge is 0.266 e. The number of rotatable bonds is 1. The van der Waals surface area contributed by atoms with Crippen molar-refractivity contribution < 1.29 is 8.22 Å². The first kappa shape index (κ1) is 2.78. The van der Waals surface area contributed by atoms with Crippen molar-refractivity contribution in [2.24, 2.45) is 0 Å². The van der Waals surface area contributed by atoms with E-state index in [4.69, 9.17) is 8.22 Å². The van der Waals surface area contributed by atoms with E-state index in [1.54, 1.807) is 12.1 Å². The summed E-state index contributed by atoms with van der Waals surface area (Å²) in [6.45, 7) is -3.64. The molecule has 10 heavy (non-hydrogen) atoms. The van der Waals surface area contributed by atoms with E-state index in [1.807, 2.05) is 0 Å². The molecule has 0 saturated carbocycles. The Labute approximate surface area is 71.6 Å². The van der Waals surface area contributed by atoms with Crippen LogP contribution in [0.5, 0.6) is 0 Å². The lowest BCUT2D eigenvalue weighted by molar-refractivity contribution is 1.36. The van der Waals surface area contributed by atoms with E-state index in [2.05, 4.69) is 4.98 Å². The summed E-state index contributed by atoms with van der Waals surface area (Å²) in [5.41, 5.74) is 0. The zero-order chi connectivity index (χ0) is 12.6. The number of aromatic nitrogens is 1. The normalized spacial score (nSPS) is 22.9. The van der Waals surface area contributed by atoms with Crippen LogP contribution in [0.1, 0.15) is 8.22 Å². The highest BCUT2D eigenvalue weighted by atomic mass is 28.3. The van der Waals surface area contributed by atoms with Crippen LogP contribution in [0.15, 0.2) is 24.4 Å². The lowest BCUT2D eigenvalue weighted by atomic mass is 10.5. The van der Waals surface area contributed by atoms with Gasteiger partial charge in [0.25, 0.3) is 0 Å². The van der Waals surface area contributed by atoms with Gasteiger partial charge in [0.15, 0.2) is 0 Å². The van der Waals surface area contributed by atoms with Gasteiger partial charge in [0.1, 0.15) is 8.07 Å². The predicted octanol–water partition coefficient (Wildman–Crippen LogP) is 1.63. The minimum Gasteiger partial charge on any atom is -0.266 e. The van der Waals surface area contributed by atoms with Crippen molar-refractivity contribution in [2.45, 2.75) is 19.5 Å². The summed E-state index contributed by atoms with van der Waals surface area (Å²) >= 11 is 0. The van der Waals surface area contributed by atoms with Crippen molar-refractivity contribution in [3.63, 3.8) is 0 Å². The van der Waals surface area contributed by atoms with Gasteiger partial charge in [-0.2, -0.15) is 0 Å². The second-order valence-electron chi connectivity index (χ2n) is 2.34. The molecule has 2 heteroatoms. The van der Waals surface area contributed by atoms with Crippen LogP contribution < -0.4 is 5.32 Å². The molecule has 1 aromatic heterocycles. The molecule has 0 bridgehead atoms. The van der Waals surface area contributed by atoms with Crippen LogP contribution in [0.4, 0.5) is 0 Å². The van der Waals surface area contributed by atoms with Gasteiger partial charge in [-0.05, 0) is 12.1 Å². The average Bonchev–Trinajstić information content (AvgIpc) is 2.14. The van der Waals surface area contributed by atoms with Crippen molar-refractivity contribution in [1.29, 1.82) is 0 Å². The first-order valence-electron chi connectivity index (χ1n) is 6.02. The Morgan fingerprint density at radius 2 is 2.30 bits per heavy atom. The van der Waals surface area contributed by atoms with E-state index >= 15 is 0 Å². The Kier molecular flexibility index (Phi) is 0.706. The maximum Gasteiger partial charge on any atom is 0.101 e. The second-order valence-corrected chi connectivity index (χ2v) is 5.10. The third-order valence-corrected chi connectivity index (χ3v) is 2.50. The lowest BCUT2D eigenvalue weighted by Gasteiger charge is -2.13. The summed E-state index contributed by atoms with van der Waals surface area (Å²) in [5, 5.41) is 0.204. The molecule has 1 rings (SSSR count). The summed E-state index contributed by atoms with van der Waals surface area (Å²) in [4.78, 5) is 3.93.